The van der Waals surface area contributed by atoms with Crippen LogP contribution in [0.2, 0.25) is 0 Å². The Morgan fingerprint density at radius 3 is 2.53 bits per heavy atom. The average Bonchev–Trinajstić information content (AvgIpc) is 2.46. The lowest BCUT2D eigenvalue weighted by Crippen LogP contribution is -2.21. The van der Waals surface area contributed by atoms with Gasteiger partial charge in [0.15, 0.2) is 0 Å². The van der Waals surface area contributed by atoms with Crippen LogP contribution in [-0.2, 0) is 0 Å². The third-order valence-corrected chi connectivity index (χ3v) is 3.71. The number of nitrogens with two attached hydrogens (primary N) is 1. The second kappa shape index (κ2) is 4.00. The smallest absolute Gasteiger partial charge is 0.143 e. The van der Waals surface area contributed by atoms with Crippen LogP contribution < -0.4 is 10.6 Å². The normalized spacial score (nSPS) is 25.9. The highest BCUT2D eigenvalue weighted by Gasteiger charge is 2.27. The van der Waals surface area contributed by atoms with Gasteiger partial charge in [0, 0.05) is 13.1 Å². The first-order chi connectivity index (χ1) is 7.08. The first-order valence-corrected chi connectivity index (χ1v) is 6.03. The van der Waals surface area contributed by atoms with Gasteiger partial charge in [-0.15, -0.1) is 0 Å². The molecule has 1 aromatic heterocycles. The zero-order valence-electron chi connectivity index (χ0n) is 9.07. The fraction of sp³-hybridized carbons (Fsp3) is 0.545. The van der Waals surface area contributed by atoms with Crippen molar-refractivity contribution in [1.82, 2.24) is 4.98 Å². The summed E-state index contributed by atoms with van der Waals surface area (Å²) in [5.74, 6) is 2.48. The number of pyridine rings is 1. The Kier molecular flexibility index (Phi) is 2.87. The molecule has 2 atom stereocenters. The highest BCUT2D eigenvalue weighted by molar-refractivity contribution is 9.10. The van der Waals surface area contributed by atoms with E-state index in [1.54, 1.807) is 6.20 Å². The van der Waals surface area contributed by atoms with Crippen LogP contribution >= 0.6 is 15.9 Å². The number of hydrogen-bond donors (Lipinski definition) is 1. The van der Waals surface area contributed by atoms with Crippen molar-refractivity contribution in [3.05, 3.63) is 16.7 Å². The van der Waals surface area contributed by atoms with Crippen molar-refractivity contribution < 1.29 is 0 Å². The minimum Gasteiger partial charge on any atom is -0.397 e. The molecule has 2 unspecified atom stereocenters. The molecular weight excluding hydrogens is 254 g/mol. The zero-order valence-corrected chi connectivity index (χ0v) is 10.7. The van der Waals surface area contributed by atoms with E-state index >= 15 is 0 Å². The highest BCUT2D eigenvalue weighted by Crippen LogP contribution is 2.31. The summed E-state index contributed by atoms with van der Waals surface area (Å²) in [6.45, 7) is 6.74. The van der Waals surface area contributed by atoms with E-state index in [-0.39, 0.29) is 0 Å². The molecule has 82 valence electrons. The highest BCUT2D eigenvalue weighted by atomic mass is 79.9. The number of aromatic nitrogens is 1. The topological polar surface area (TPSA) is 42.2 Å². The molecule has 1 aromatic rings. The van der Waals surface area contributed by atoms with E-state index in [1.807, 2.05) is 6.07 Å². The number of nitrogens with zero attached hydrogens (tertiary/aromatic N) is 2. The molecular formula is C11H16BrN3. The molecule has 0 amide bonds. The van der Waals surface area contributed by atoms with Crippen LogP contribution in [0.3, 0.4) is 0 Å². The summed E-state index contributed by atoms with van der Waals surface area (Å²) in [4.78, 5) is 6.70. The number of rotatable bonds is 1. The molecule has 0 saturated carbocycles. The van der Waals surface area contributed by atoms with Crippen molar-refractivity contribution in [3.63, 3.8) is 0 Å². The zero-order chi connectivity index (χ0) is 11.0. The van der Waals surface area contributed by atoms with Gasteiger partial charge in [0.05, 0.1) is 16.4 Å². The Bertz CT molecular complexity index is 357. The predicted molar refractivity (Wildman–Crippen MR) is 66.9 cm³/mol. The van der Waals surface area contributed by atoms with E-state index in [1.165, 1.54) is 0 Å². The van der Waals surface area contributed by atoms with Crippen LogP contribution in [0, 0.1) is 11.8 Å². The SMILES string of the molecule is CC1CN(c2ncc(N)cc2Br)CC1C. The van der Waals surface area contributed by atoms with E-state index in [2.05, 4.69) is 39.7 Å². The molecule has 4 heteroatoms. The maximum Gasteiger partial charge on any atom is 0.143 e. The van der Waals surface area contributed by atoms with Crippen molar-refractivity contribution in [1.29, 1.82) is 0 Å². The van der Waals surface area contributed by atoms with Crippen LogP contribution in [-0.4, -0.2) is 18.1 Å². The average molecular weight is 270 g/mol. The second-order valence-electron chi connectivity index (χ2n) is 4.43. The second-order valence-corrected chi connectivity index (χ2v) is 5.29. The number of hydrogen-bond acceptors (Lipinski definition) is 3. The van der Waals surface area contributed by atoms with Gasteiger partial charge in [-0.3, -0.25) is 0 Å². The van der Waals surface area contributed by atoms with E-state index in [9.17, 15) is 0 Å². The standard InChI is InChI=1S/C11H16BrN3/c1-7-5-15(6-8(7)2)11-10(12)3-9(13)4-14-11/h3-4,7-8H,5-6,13H2,1-2H3. The van der Waals surface area contributed by atoms with Gasteiger partial charge in [0.1, 0.15) is 5.82 Å². The molecule has 1 aliphatic rings. The molecule has 2 heterocycles. The third-order valence-electron chi connectivity index (χ3n) is 3.13. The fourth-order valence-corrected chi connectivity index (χ4v) is 2.60. The lowest BCUT2D eigenvalue weighted by molar-refractivity contribution is 0.494. The number of anilines is 2. The first kappa shape index (κ1) is 10.7. The Morgan fingerprint density at radius 2 is 2.00 bits per heavy atom. The summed E-state index contributed by atoms with van der Waals surface area (Å²) in [7, 11) is 0. The van der Waals surface area contributed by atoms with Crippen molar-refractivity contribution in [2.75, 3.05) is 23.7 Å². The van der Waals surface area contributed by atoms with E-state index in [0.717, 1.165) is 35.2 Å². The Morgan fingerprint density at radius 1 is 1.40 bits per heavy atom. The van der Waals surface area contributed by atoms with Crippen molar-refractivity contribution >= 4 is 27.4 Å². The molecule has 1 saturated heterocycles. The summed E-state index contributed by atoms with van der Waals surface area (Å²) >= 11 is 3.51. The van der Waals surface area contributed by atoms with Crippen LogP contribution in [0.1, 0.15) is 13.8 Å². The summed E-state index contributed by atoms with van der Waals surface area (Å²) in [6.07, 6.45) is 1.72. The fourth-order valence-electron chi connectivity index (χ4n) is 1.98. The summed E-state index contributed by atoms with van der Waals surface area (Å²) in [6, 6.07) is 1.91. The molecule has 0 spiro atoms. The monoisotopic (exact) mass is 269 g/mol. The number of halogens is 1. The van der Waals surface area contributed by atoms with E-state index < -0.39 is 0 Å². The molecule has 3 nitrogen and oxygen atoms in total. The molecule has 1 fully saturated rings. The van der Waals surface area contributed by atoms with Gasteiger partial charge in [0.25, 0.3) is 0 Å². The van der Waals surface area contributed by atoms with Gasteiger partial charge in [-0.05, 0) is 33.8 Å². The van der Waals surface area contributed by atoms with Crippen LogP contribution in [0.25, 0.3) is 0 Å². The van der Waals surface area contributed by atoms with E-state index in [0.29, 0.717) is 5.69 Å². The minimum atomic E-state index is 0.700. The Hall–Kier alpha value is -0.770. The van der Waals surface area contributed by atoms with Crippen molar-refractivity contribution in [3.8, 4) is 0 Å². The van der Waals surface area contributed by atoms with E-state index in [4.69, 9.17) is 5.73 Å². The minimum absolute atomic E-state index is 0.700. The predicted octanol–water partition coefficient (Wildman–Crippen LogP) is 2.52. The van der Waals surface area contributed by atoms with Crippen LogP contribution in [0.4, 0.5) is 11.5 Å². The molecule has 2 rings (SSSR count). The Labute approximate surface area is 98.8 Å². The maximum atomic E-state index is 5.67. The molecule has 2 N–H and O–H groups in total. The van der Waals surface area contributed by atoms with Crippen LogP contribution in [0.15, 0.2) is 16.7 Å². The Balaban J connectivity index is 2.24. The lowest BCUT2D eigenvalue weighted by atomic mass is 10.0. The molecule has 0 aliphatic carbocycles. The molecule has 15 heavy (non-hydrogen) atoms. The van der Waals surface area contributed by atoms with Gasteiger partial charge in [-0.2, -0.15) is 0 Å². The maximum absolute atomic E-state index is 5.67. The number of nitrogen functional groups attached to an aromatic ring is 1. The largest absolute Gasteiger partial charge is 0.397 e. The molecule has 0 radical (unpaired) electrons. The van der Waals surface area contributed by atoms with Gasteiger partial charge in [-0.1, -0.05) is 13.8 Å². The van der Waals surface area contributed by atoms with Crippen molar-refractivity contribution in [2.24, 2.45) is 11.8 Å². The van der Waals surface area contributed by atoms with Gasteiger partial charge < -0.3 is 10.6 Å². The molecule has 0 aromatic carbocycles. The summed E-state index contributed by atoms with van der Waals surface area (Å²) in [5, 5.41) is 0. The molecule has 1 aliphatic heterocycles. The summed E-state index contributed by atoms with van der Waals surface area (Å²) in [5.41, 5.74) is 6.37. The third kappa shape index (κ3) is 2.09. The lowest BCUT2D eigenvalue weighted by Gasteiger charge is -2.18. The quantitative estimate of drug-likeness (QED) is 0.852. The van der Waals surface area contributed by atoms with Crippen molar-refractivity contribution in [2.45, 2.75) is 13.8 Å². The van der Waals surface area contributed by atoms with Gasteiger partial charge in [-0.25, -0.2) is 4.98 Å². The summed E-state index contributed by atoms with van der Waals surface area (Å²) < 4.78 is 0.990. The van der Waals surface area contributed by atoms with Gasteiger partial charge in [0.2, 0.25) is 0 Å². The van der Waals surface area contributed by atoms with Gasteiger partial charge >= 0.3 is 0 Å². The molecule has 0 bridgehead atoms. The van der Waals surface area contributed by atoms with Crippen LogP contribution in [0.5, 0.6) is 0 Å². The first-order valence-electron chi connectivity index (χ1n) is 5.24.